The minimum Gasteiger partial charge on any atom is -0.494 e. The van der Waals surface area contributed by atoms with Gasteiger partial charge in [-0.3, -0.25) is 4.79 Å². The molecule has 2 aromatic heterocycles. The molecule has 0 bridgehead atoms. The zero-order chi connectivity index (χ0) is 18.7. The number of aryl methyl sites for hydroxylation is 3. The maximum absolute atomic E-state index is 12.6. The summed E-state index contributed by atoms with van der Waals surface area (Å²) in [6, 6.07) is 7.73. The third-order valence-corrected chi connectivity index (χ3v) is 5.23. The normalized spacial score (nSPS) is 10.8. The summed E-state index contributed by atoms with van der Waals surface area (Å²) < 4.78 is 10.6. The molecule has 2 heterocycles. The van der Waals surface area contributed by atoms with Gasteiger partial charge in [-0.25, -0.2) is 4.98 Å². The molecule has 0 aliphatic heterocycles. The first kappa shape index (κ1) is 18.1. The third-order valence-electron chi connectivity index (χ3n) is 4.02. The summed E-state index contributed by atoms with van der Waals surface area (Å²) in [7, 11) is 0. The fourth-order valence-corrected chi connectivity index (χ4v) is 3.58. The zero-order valence-electron chi connectivity index (χ0n) is 15.3. The van der Waals surface area contributed by atoms with Gasteiger partial charge in [0, 0.05) is 17.7 Å². The van der Waals surface area contributed by atoms with Crippen molar-refractivity contribution in [3.05, 3.63) is 51.9 Å². The van der Waals surface area contributed by atoms with Crippen LogP contribution < -0.4 is 10.1 Å². The SMILES string of the molecule is CCOc1ccc(-c2nc(C)c(C(=O)NCc3c(C)noc3C)s2)cc1. The van der Waals surface area contributed by atoms with Crippen molar-refractivity contribution in [2.45, 2.75) is 34.2 Å². The molecule has 0 unspecified atom stereocenters. The molecule has 3 rings (SSSR count). The van der Waals surface area contributed by atoms with Gasteiger partial charge >= 0.3 is 0 Å². The monoisotopic (exact) mass is 371 g/mol. The van der Waals surface area contributed by atoms with E-state index in [-0.39, 0.29) is 5.91 Å². The second-order valence-corrected chi connectivity index (χ2v) is 6.88. The molecule has 0 aliphatic rings. The van der Waals surface area contributed by atoms with Crippen LogP contribution in [0.4, 0.5) is 0 Å². The number of rotatable bonds is 6. The molecule has 0 atom stereocenters. The number of hydrogen-bond donors (Lipinski definition) is 1. The molecule has 7 heteroatoms. The van der Waals surface area contributed by atoms with Crippen LogP contribution in [0.5, 0.6) is 5.75 Å². The van der Waals surface area contributed by atoms with Crippen molar-refractivity contribution in [3.63, 3.8) is 0 Å². The van der Waals surface area contributed by atoms with Crippen molar-refractivity contribution < 1.29 is 14.1 Å². The predicted octanol–water partition coefficient (Wildman–Crippen LogP) is 4.05. The first-order valence-corrected chi connectivity index (χ1v) is 9.21. The summed E-state index contributed by atoms with van der Waals surface area (Å²) in [6.07, 6.45) is 0. The zero-order valence-corrected chi connectivity index (χ0v) is 16.1. The van der Waals surface area contributed by atoms with E-state index in [1.54, 1.807) is 0 Å². The number of ether oxygens (including phenoxy) is 1. The van der Waals surface area contributed by atoms with Gasteiger partial charge in [-0.15, -0.1) is 11.3 Å². The van der Waals surface area contributed by atoms with E-state index in [4.69, 9.17) is 9.26 Å². The first-order chi connectivity index (χ1) is 12.5. The third kappa shape index (κ3) is 3.77. The number of hydrogen-bond acceptors (Lipinski definition) is 6. The van der Waals surface area contributed by atoms with Gasteiger partial charge in [0.25, 0.3) is 5.91 Å². The Kier molecular flexibility index (Phi) is 5.37. The molecule has 3 aromatic rings. The van der Waals surface area contributed by atoms with Gasteiger partial charge in [0.05, 0.1) is 18.0 Å². The molecule has 136 valence electrons. The summed E-state index contributed by atoms with van der Waals surface area (Å²) in [5, 5.41) is 7.64. The molecule has 0 saturated heterocycles. The Hall–Kier alpha value is -2.67. The van der Waals surface area contributed by atoms with Crippen molar-refractivity contribution in [2.24, 2.45) is 0 Å². The van der Waals surface area contributed by atoms with Gasteiger partial charge in [-0.05, 0) is 52.0 Å². The first-order valence-electron chi connectivity index (χ1n) is 8.40. The molecule has 6 nitrogen and oxygen atoms in total. The summed E-state index contributed by atoms with van der Waals surface area (Å²) in [4.78, 5) is 17.7. The molecule has 0 aliphatic carbocycles. The van der Waals surface area contributed by atoms with E-state index in [0.717, 1.165) is 39.0 Å². The van der Waals surface area contributed by atoms with Gasteiger partial charge in [0.1, 0.15) is 21.4 Å². The summed E-state index contributed by atoms with van der Waals surface area (Å²) in [5.74, 6) is 1.40. The summed E-state index contributed by atoms with van der Waals surface area (Å²) in [5.41, 5.74) is 3.38. The lowest BCUT2D eigenvalue weighted by Gasteiger charge is -2.03. The molecule has 26 heavy (non-hydrogen) atoms. The molecular weight excluding hydrogens is 350 g/mol. The standard InChI is InChI=1S/C19H21N3O3S/c1-5-24-15-8-6-14(7-9-15)19-21-12(3)17(26-19)18(23)20-10-16-11(2)22-25-13(16)4/h6-9H,5,10H2,1-4H3,(H,20,23). The van der Waals surface area contributed by atoms with Crippen molar-refractivity contribution in [1.82, 2.24) is 15.5 Å². The van der Waals surface area contributed by atoms with Crippen LogP contribution in [-0.2, 0) is 6.54 Å². The molecular formula is C19H21N3O3S. The van der Waals surface area contributed by atoms with Gasteiger partial charge in [-0.2, -0.15) is 0 Å². The Bertz CT molecular complexity index is 893. The van der Waals surface area contributed by atoms with E-state index in [9.17, 15) is 4.79 Å². The highest BCUT2D eigenvalue weighted by atomic mass is 32.1. The van der Waals surface area contributed by atoms with Gasteiger partial charge in [0.2, 0.25) is 0 Å². The highest BCUT2D eigenvalue weighted by molar-refractivity contribution is 7.17. The number of nitrogens with zero attached hydrogens (tertiary/aromatic N) is 2. The fraction of sp³-hybridized carbons (Fsp3) is 0.316. The number of benzene rings is 1. The summed E-state index contributed by atoms with van der Waals surface area (Å²) in [6.45, 7) is 8.51. The van der Waals surface area contributed by atoms with Crippen LogP contribution in [-0.4, -0.2) is 22.7 Å². The van der Waals surface area contributed by atoms with E-state index >= 15 is 0 Å². The second-order valence-electron chi connectivity index (χ2n) is 5.88. The quantitative estimate of drug-likeness (QED) is 0.707. The highest BCUT2D eigenvalue weighted by Gasteiger charge is 2.17. The molecule has 1 amide bonds. The van der Waals surface area contributed by atoms with Crippen LogP contribution in [0.25, 0.3) is 10.6 Å². The molecule has 1 N–H and O–H groups in total. The van der Waals surface area contributed by atoms with Gasteiger partial charge in [-0.1, -0.05) is 5.16 Å². The van der Waals surface area contributed by atoms with Crippen LogP contribution in [0.1, 0.15) is 39.3 Å². The lowest BCUT2D eigenvalue weighted by molar-refractivity contribution is 0.0954. The van der Waals surface area contributed by atoms with E-state index < -0.39 is 0 Å². The number of aromatic nitrogens is 2. The minimum atomic E-state index is -0.141. The van der Waals surface area contributed by atoms with Crippen LogP contribution in [0.15, 0.2) is 28.8 Å². The molecule has 0 fully saturated rings. The van der Waals surface area contributed by atoms with Crippen molar-refractivity contribution in [3.8, 4) is 16.3 Å². The fourth-order valence-electron chi connectivity index (χ4n) is 2.59. The van der Waals surface area contributed by atoms with Crippen LogP contribution in [0.3, 0.4) is 0 Å². The number of carbonyl (C=O) groups excluding carboxylic acids is 1. The van der Waals surface area contributed by atoms with Crippen LogP contribution in [0.2, 0.25) is 0 Å². The predicted molar refractivity (Wildman–Crippen MR) is 101 cm³/mol. The average molecular weight is 371 g/mol. The van der Waals surface area contributed by atoms with Crippen molar-refractivity contribution >= 4 is 17.2 Å². The Morgan fingerprint density at radius 3 is 2.54 bits per heavy atom. The topological polar surface area (TPSA) is 77.2 Å². The lowest BCUT2D eigenvalue weighted by Crippen LogP contribution is -2.23. The van der Waals surface area contributed by atoms with Crippen molar-refractivity contribution in [2.75, 3.05) is 6.61 Å². The van der Waals surface area contributed by atoms with E-state index in [1.807, 2.05) is 52.0 Å². The minimum absolute atomic E-state index is 0.141. The maximum Gasteiger partial charge on any atom is 0.263 e. The van der Waals surface area contributed by atoms with E-state index in [2.05, 4.69) is 15.5 Å². The van der Waals surface area contributed by atoms with Crippen LogP contribution in [0, 0.1) is 20.8 Å². The number of amides is 1. The lowest BCUT2D eigenvalue weighted by atomic mass is 10.2. The largest absolute Gasteiger partial charge is 0.494 e. The average Bonchev–Trinajstić information content (AvgIpc) is 3.17. The van der Waals surface area contributed by atoms with E-state index in [0.29, 0.717) is 18.0 Å². The number of thiazole rings is 1. The molecule has 0 radical (unpaired) electrons. The smallest absolute Gasteiger partial charge is 0.263 e. The van der Waals surface area contributed by atoms with Gasteiger partial charge in [0.15, 0.2) is 0 Å². The van der Waals surface area contributed by atoms with Crippen LogP contribution >= 0.6 is 11.3 Å². The number of nitrogens with one attached hydrogen (secondary N) is 1. The molecule has 1 aromatic carbocycles. The maximum atomic E-state index is 12.6. The Morgan fingerprint density at radius 1 is 1.19 bits per heavy atom. The summed E-state index contributed by atoms with van der Waals surface area (Å²) >= 11 is 1.38. The highest BCUT2D eigenvalue weighted by Crippen LogP contribution is 2.29. The molecule has 0 saturated carbocycles. The number of carbonyl (C=O) groups is 1. The Labute approximate surface area is 156 Å². The Balaban J connectivity index is 1.74. The van der Waals surface area contributed by atoms with Gasteiger partial charge < -0.3 is 14.6 Å². The molecule has 0 spiro atoms. The second kappa shape index (κ2) is 7.70. The van der Waals surface area contributed by atoms with Crippen molar-refractivity contribution in [1.29, 1.82) is 0 Å². The Morgan fingerprint density at radius 2 is 1.92 bits per heavy atom. The van der Waals surface area contributed by atoms with E-state index in [1.165, 1.54) is 11.3 Å².